The van der Waals surface area contributed by atoms with E-state index in [0.717, 1.165) is 19.6 Å². The molecule has 1 aliphatic rings. The molecule has 0 aromatic carbocycles. The van der Waals surface area contributed by atoms with E-state index < -0.39 is 0 Å². The van der Waals surface area contributed by atoms with Crippen LogP contribution in [0.1, 0.15) is 4.88 Å². The third kappa shape index (κ3) is 1.88. The van der Waals surface area contributed by atoms with Crippen LogP contribution in [-0.2, 0) is 6.54 Å². The topological polar surface area (TPSA) is 23.5 Å². The molecule has 2 rings (SSSR count). The molecular formula is C8H10BrNOS. The smallest absolute Gasteiger partial charge is 0.0794 e. The van der Waals surface area contributed by atoms with E-state index in [1.165, 1.54) is 8.66 Å². The molecule has 0 saturated carbocycles. The number of β-amino-alcohol motifs (C(OH)–C–C–N with tert-alkyl or cyclic N) is 1. The molecule has 66 valence electrons. The minimum Gasteiger partial charge on any atom is -0.390 e. The Morgan fingerprint density at radius 2 is 2.33 bits per heavy atom. The van der Waals surface area contributed by atoms with Crippen molar-refractivity contribution in [2.24, 2.45) is 0 Å². The molecule has 0 bridgehead atoms. The molecule has 4 heteroatoms. The van der Waals surface area contributed by atoms with Gasteiger partial charge in [-0.1, -0.05) is 0 Å². The fourth-order valence-electron chi connectivity index (χ4n) is 1.33. The Morgan fingerprint density at radius 1 is 1.58 bits per heavy atom. The van der Waals surface area contributed by atoms with E-state index in [-0.39, 0.29) is 6.10 Å². The highest BCUT2D eigenvalue weighted by Crippen LogP contribution is 2.24. The zero-order valence-electron chi connectivity index (χ0n) is 6.53. The van der Waals surface area contributed by atoms with Gasteiger partial charge in [-0.3, -0.25) is 4.90 Å². The summed E-state index contributed by atoms with van der Waals surface area (Å²) in [6.45, 7) is 2.64. The first kappa shape index (κ1) is 8.69. The van der Waals surface area contributed by atoms with Crippen molar-refractivity contribution in [3.8, 4) is 0 Å². The number of hydrogen-bond donors (Lipinski definition) is 1. The number of likely N-dealkylation sites (tertiary alicyclic amines) is 1. The lowest BCUT2D eigenvalue weighted by molar-refractivity contribution is -0.00228. The highest BCUT2D eigenvalue weighted by molar-refractivity contribution is 9.11. The minimum atomic E-state index is -0.0894. The summed E-state index contributed by atoms with van der Waals surface area (Å²) < 4.78 is 1.18. The molecule has 2 heterocycles. The van der Waals surface area contributed by atoms with Gasteiger partial charge in [0.25, 0.3) is 0 Å². The maximum absolute atomic E-state index is 9.05. The van der Waals surface area contributed by atoms with E-state index in [1.54, 1.807) is 11.3 Å². The van der Waals surface area contributed by atoms with Crippen LogP contribution >= 0.6 is 27.3 Å². The highest BCUT2D eigenvalue weighted by Gasteiger charge is 2.24. The molecule has 12 heavy (non-hydrogen) atoms. The van der Waals surface area contributed by atoms with Gasteiger partial charge < -0.3 is 5.11 Å². The van der Waals surface area contributed by atoms with Crippen LogP contribution in [0.25, 0.3) is 0 Å². The first-order valence-corrected chi connectivity index (χ1v) is 5.49. The number of aliphatic hydroxyl groups is 1. The quantitative estimate of drug-likeness (QED) is 0.860. The molecule has 0 aliphatic carbocycles. The summed E-state index contributed by atoms with van der Waals surface area (Å²) in [7, 11) is 0. The number of rotatable bonds is 2. The van der Waals surface area contributed by atoms with Gasteiger partial charge in [0.2, 0.25) is 0 Å². The first-order chi connectivity index (χ1) is 5.74. The highest BCUT2D eigenvalue weighted by atomic mass is 79.9. The third-order valence-electron chi connectivity index (χ3n) is 1.95. The summed E-state index contributed by atoms with van der Waals surface area (Å²) >= 11 is 5.18. The molecular weight excluding hydrogens is 238 g/mol. The average molecular weight is 248 g/mol. The van der Waals surface area contributed by atoms with Gasteiger partial charge in [0.15, 0.2) is 0 Å². The van der Waals surface area contributed by atoms with Crippen LogP contribution in [0.15, 0.2) is 15.9 Å². The maximum Gasteiger partial charge on any atom is 0.0794 e. The standard InChI is InChI=1S/C8H10BrNOS/c9-8-2-1-7(12-8)5-10-3-6(11)4-10/h1-2,6,11H,3-5H2. The van der Waals surface area contributed by atoms with Gasteiger partial charge in [-0.2, -0.15) is 0 Å². The van der Waals surface area contributed by atoms with Gasteiger partial charge in [-0.05, 0) is 28.1 Å². The van der Waals surface area contributed by atoms with Gasteiger partial charge in [-0.25, -0.2) is 0 Å². The van der Waals surface area contributed by atoms with E-state index in [9.17, 15) is 0 Å². The van der Waals surface area contributed by atoms with Gasteiger partial charge in [0.05, 0.1) is 9.89 Å². The first-order valence-electron chi connectivity index (χ1n) is 3.88. The van der Waals surface area contributed by atoms with E-state index in [0.29, 0.717) is 0 Å². The van der Waals surface area contributed by atoms with Crippen molar-refractivity contribution in [2.75, 3.05) is 13.1 Å². The number of halogens is 1. The normalized spacial score (nSPS) is 19.5. The lowest BCUT2D eigenvalue weighted by Gasteiger charge is -2.35. The predicted molar refractivity (Wildman–Crippen MR) is 53.3 cm³/mol. The molecule has 0 spiro atoms. The molecule has 0 radical (unpaired) electrons. The van der Waals surface area contributed by atoms with Crippen molar-refractivity contribution < 1.29 is 5.11 Å². The van der Waals surface area contributed by atoms with Crippen molar-refractivity contribution in [3.63, 3.8) is 0 Å². The van der Waals surface area contributed by atoms with Crippen molar-refractivity contribution in [1.29, 1.82) is 0 Å². The Balaban J connectivity index is 1.88. The van der Waals surface area contributed by atoms with E-state index in [1.807, 2.05) is 0 Å². The van der Waals surface area contributed by atoms with Crippen LogP contribution in [0.4, 0.5) is 0 Å². The zero-order valence-corrected chi connectivity index (χ0v) is 8.94. The van der Waals surface area contributed by atoms with Crippen LogP contribution in [0, 0.1) is 0 Å². The Labute approximate surface area is 83.9 Å². The van der Waals surface area contributed by atoms with Gasteiger partial charge in [-0.15, -0.1) is 11.3 Å². The summed E-state index contributed by atoms with van der Waals surface area (Å²) in [6, 6.07) is 4.19. The van der Waals surface area contributed by atoms with Crippen LogP contribution in [-0.4, -0.2) is 29.2 Å². The fourth-order valence-corrected chi connectivity index (χ4v) is 2.85. The predicted octanol–water partition coefficient (Wildman–Crippen LogP) is 1.69. The number of nitrogens with zero attached hydrogens (tertiary/aromatic N) is 1. The van der Waals surface area contributed by atoms with Crippen molar-refractivity contribution >= 4 is 27.3 Å². The second kappa shape index (κ2) is 3.46. The van der Waals surface area contributed by atoms with Crippen molar-refractivity contribution in [1.82, 2.24) is 4.90 Å². The minimum absolute atomic E-state index is 0.0894. The molecule has 0 unspecified atom stereocenters. The molecule has 2 nitrogen and oxygen atoms in total. The van der Waals surface area contributed by atoms with E-state index in [4.69, 9.17) is 5.11 Å². The van der Waals surface area contributed by atoms with Gasteiger partial charge >= 0.3 is 0 Å². The van der Waals surface area contributed by atoms with E-state index >= 15 is 0 Å². The Hall–Kier alpha value is 0.1000. The fraction of sp³-hybridized carbons (Fsp3) is 0.500. The third-order valence-corrected chi connectivity index (χ3v) is 3.55. The molecule has 0 atom stereocenters. The SMILES string of the molecule is OC1CN(Cc2ccc(Br)s2)C1. The zero-order chi connectivity index (χ0) is 8.55. The second-order valence-electron chi connectivity index (χ2n) is 3.05. The largest absolute Gasteiger partial charge is 0.390 e. The Kier molecular flexibility index (Phi) is 2.50. The number of aliphatic hydroxyl groups excluding tert-OH is 1. The summed E-state index contributed by atoms with van der Waals surface area (Å²) in [5, 5.41) is 9.05. The van der Waals surface area contributed by atoms with Crippen LogP contribution < -0.4 is 0 Å². The monoisotopic (exact) mass is 247 g/mol. The lowest BCUT2D eigenvalue weighted by atomic mass is 10.2. The molecule has 1 aromatic rings. The maximum atomic E-state index is 9.05. The van der Waals surface area contributed by atoms with Crippen LogP contribution in [0.2, 0.25) is 0 Å². The number of thiophene rings is 1. The molecule has 1 aromatic heterocycles. The van der Waals surface area contributed by atoms with E-state index in [2.05, 4.69) is 33.0 Å². The van der Waals surface area contributed by atoms with Gasteiger partial charge in [0.1, 0.15) is 0 Å². The average Bonchev–Trinajstić information content (AvgIpc) is 2.33. The van der Waals surface area contributed by atoms with Crippen LogP contribution in [0.3, 0.4) is 0 Å². The molecule has 1 aliphatic heterocycles. The summed E-state index contributed by atoms with van der Waals surface area (Å²) in [5.74, 6) is 0. The Bertz CT molecular complexity index is 270. The van der Waals surface area contributed by atoms with Crippen LogP contribution in [0.5, 0.6) is 0 Å². The van der Waals surface area contributed by atoms with Gasteiger partial charge in [0, 0.05) is 24.5 Å². The van der Waals surface area contributed by atoms with Crippen molar-refractivity contribution in [3.05, 3.63) is 20.8 Å². The summed E-state index contributed by atoms with van der Waals surface area (Å²) in [5.41, 5.74) is 0. The van der Waals surface area contributed by atoms with Crippen molar-refractivity contribution in [2.45, 2.75) is 12.6 Å². The summed E-state index contributed by atoms with van der Waals surface area (Å²) in [6.07, 6.45) is -0.0894. The second-order valence-corrected chi connectivity index (χ2v) is 5.60. The molecule has 1 fully saturated rings. The molecule has 0 amide bonds. The lowest BCUT2D eigenvalue weighted by Crippen LogP contribution is -2.49. The summed E-state index contributed by atoms with van der Waals surface area (Å²) in [4.78, 5) is 3.59. The number of hydrogen-bond acceptors (Lipinski definition) is 3. The Morgan fingerprint density at radius 3 is 2.83 bits per heavy atom. The molecule has 1 saturated heterocycles. The molecule has 1 N–H and O–H groups in total.